The van der Waals surface area contributed by atoms with Crippen molar-refractivity contribution in [3.63, 3.8) is 0 Å². The van der Waals surface area contributed by atoms with Crippen LogP contribution < -0.4 is 0 Å². The van der Waals surface area contributed by atoms with E-state index in [2.05, 4.69) is 0 Å². The highest BCUT2D eigenvalue weighted by Crippen LogP contribution is 2.40. The zero-order valence-corrected chi connectivity index (χ0v) is 14.1. The fourth-order valence-corrected chi connectivity index (χ4v) is 3.45. The van der Waals surface area contributed by atoms with Crippen LogP contribution in [0.15, 0.2) is 0 Å². The lowest BCUT2D eigenvalue weighted by molar-refractivity contribution is -0.170. The van der Waals surface area contributed by atoms with E-state index in [4.69, 9.17) is 20.2 Å². The second kappa shape index (κ2) is 9.64. The fourth-order valence-electron chi connectivity index (χ4n) is 2.58. The molecule has 0 amide bonds. The molecule has 6 atom stereocenters. The molecular formula is C12H15O14P. The van der Waals surface area contributed by atoms with Gasteiger partial charge in [0.25, 0.3) is 0 Å². The van der Waals surface area contributed by atoms with Gasteiger partial charge in [-0.05, 0) is 0 Å². The second-order valence-electron chi connectivity index (χ2n) is 5.29. The van der Waals surface area contributed by atoms with Crippen molar-refractivity contribution in [1.29, 1.82) is 0 Å². The molecule has 0 aromatic rings. The Morgan fingerprint density at radius 2 is 1.04 bits per heavy atom. The first-order chi connectivity index (χ1) is 12.2. The van der Waals surface area contributed by atoms with E-state index in [1.807, 2.05) is 0 Å². The SMILES string of the molecule is O=C(O)CC(C(=O)O)C(C(=O)O)C(C(=O)O)C(C(=O)O)C(C(=O)O)[PH](=O)O. The van der Waals surface area contributed by atoms with Gasteiger partial charge in [0, 0.05) is 0 Å². The van der Waals surface area contributed by atoms with Crippen molar-refractivity contribution in [3.05, 3.63) is 0 Å². The predicted molar refractivity (Wildman–Crippen MR) is 79.4 cm³/mol. The molecule has 0 aromatic carbocycles. The van der Waals surface area contributed by atoms with Crippen LogP contribution in [0.1, 0.15) is 6.42 Å². The van der Waals surface area contributed by atoms with Crippen molar-refractivity contribution in [3.8, 4) is 0 Å². The van der Waals surface area contributed by atoms with Gasteiger partial charge in [-0.15, -0.1) is 0 Å². The molecule has 0 saturated heterocycles. The van der Waals surface area contributed by atoms with Crippen LogP contribution >= 0.6 is 8.03 Å². The Labute approximate surface area is 149 Å². The molecule has 0 rings (SSSR count). The van der Waals surface area contributed by atoms with Crippen molar-refractivity contribution < 1.29 is 68.9 Å². The molecular weight excluding hydrogens is 399 g/mol. The largest absolute Gasteiger partial charge is 0.481 e. The Morgan fingerprint density at radius 3 is 1.26 bits per heavy atom. The van der Waals surface area contributed by atoms with Crippen molar-refractivity contribution in [1.82, 2.24) is 0 Å². The molecule has 15 heteroatoms. The van der Waals surface area contributed by atoms with E-state index in [0.29, 0.717) is 0 Å². The monoisotopic (exact) mass is 414 g/mol. The summed E-state index contributed by atoms with van der Waals surface area (Å²) in [5.74, 6) is -23.8. The zero-order chi connectivity index (χ0) is 21.6. The molecule has 0 aliphatic heterocycles. The van der Waals surface area contributed by atoms with Crippen molar-refractivity contribution in [2.24, 2.45) is 23.7 Å². The Balaban J connectivity index is 6.65. The van der Waals surface area contributed by atoms with Gasteiger partial charge >= 0.3 is 35.8 Å². The van der Waals surface area contributed by atoms with Gasteiger partial charge in [-0.3, -0.25) is 33.3 Å². The van der Waals surface area contributed by atoms with E-state index in [9.17, 15) is 48.7 Å². The van der Waals surface area contributed by atoms with Crippen LogP contribution in [-0.4, -0.2) is 77.0 Å². The number of hydrogen-bond acceptors (Lipinski definition) is 7. The van der Waals surface area contributed by atoms with Crippen LogP contribution in [0.3, 0.4) is 0 Å². The molecule has 0 aliphatic carbocycles. The number of carbonyl (C=O) groups is 6. The van der Waals surface area contributed by atoms with Crippen LogP contribution in [0, 0.1) is 23.7 Å². The van der Waals surface area contributed by atoms with E-state index >= 15 is 0 Å². The van der Waals surface area contributed by atoms with Gasteiger partial charge in [-0.25, -0.2) is 0 Å². The number of aliphatic carboxylic acids is 6. The van der Waals surface area contributed by atoms with E-state index < -0.39 is 79.6 Å². The van der Waals surface area contributed by atoms with E-state index in [0.717, 1.165) is 0 Å². The quantitative estimate of drug-likeness (QED) is 0.173. The fraction of sp³-hybridized carbons (Fsp3) is 0.500. The minimum atomic E-state index is -4.27. The number of hydrogen-bond donors (Lipinski definition) is 7. The molecule has 6 unspecified atom stereocenters. The van der Waals surface area contributed by atoms with E-state index in [1.54, 1.807) is 0 Å². The highest BCUT2D eigenvalue weighted by molar-refractivity contribution is 7.40. The molecule has 0 bridgehead atoms. The summed E-state index contributed by atoms with van der Waals surface area (Å²) in [5, 5.41) is 54.4. The van der Waals surface area contributed by atoms with Crippen LogP contribution in [-0.2, 0) is 33.3 Å². The molecule has 0 radical (unpaired) electrons. The maximum atomic E-state index is 11.5. The Morgan fingerprint density at radius 1 is 0.630 bits per heavy atom. The molecule has 0 fully saturated rings. The summed E-state index contributed by atoms with van der Waals surface area (Å²) in [6, 6.07) is 0. The Bertz CT molecular complexity index is 670. The topological polar surface area (TPSA) is 261 Å². The van der Waals surface area contributed by atoms with Crippen LogP contribution in [0.2, 0.25) is 0 Å². The molecule has 0 spiro atoms. The molecule has 14 nitrogen and oxygen atoms in total. The lowest BCUT2D eigenvalue weighted by Gasteiger charge is -2.31. The molecule has 0 aliphatic rings. The molecule has 0 saturated carbocycles. The number of carboxylic acids is 6. The van der Waals surface area contributed by atoms with Crippen LogP contribution in [0.4, 0.5) is 0 Å². The third kappa shape index (κ3) is 6.04. The molecule has 27 heavy (non-hydrogen) atoms. The summed E-state index contributed by atoms with van der Waals surface area (Å²) in [7, 11) is -4.27. The van der Waals surface area contributed by atoms with Crippen LogP contribution in [0.5, 0.6) is 0 Å². The second-order valence-corrected chi connectivity index (χ2v) is 6.59. The summed E-state index contributed by atoms with van der Waals surface area (Å²) >= 11 is 0. The van der Waals surface area contributed by atoms with Crippen molar-refractivity contribution in [2.45, 2.75) is 12.1 Å². The van der Waals surface area contributed by atoms with Gasteiger partial charge in [0.2, 0.25) is 8.03 Å². The first-order valence-electron chi connectivity index (χ1n) is 6.82. The summed E-state index contributed by atoms with van der Waals surface area (Å²) < 4.78 is 11.3. The minimum Gasteiger partial charge on any atom is -0.481 e. The minimum absolute atomic E-state index is 1.42. The van der Waals surface area contributed by atoms with E-state index in [1.165, 1.54) is 0 Å². The third-order valence-electron chi connectivity index (χ3n) is 3.67. The first-order valence-corrected chi connectivity index (χ1v) is 8.25. The zero-order valence-electron chi connectivity index (χ0n) is 13.1. The standard InChI is InChI=1S/C12H15O14P/c13-3(14)1-2(8(15)16)4(9(17)18)5(10(19)20)6(11(21)22)7(12(23)24)27(25)26/h2,4-7,27H,1H2,(H,13,14)(H,15,16)(H,17,18)(H,19,20)(H,21,22)(H,23,24)(H,25,26). The lowest BCUT2D eigenvalue weighted by Crippen LogP contribution is -2.49. The van der Waals surface area contributed by atoms with Gasteiger partial charge in [0.05, 0.1) is 30.1 Å². The molecule has 0 aromatic heterocycles. The van der Waals surface area contributed by atoms with Gasteiger partial charge < -0.3 is 35.5 Å². The Hall–Kier alpha value is -2.99. The first kappa shape index (κ1) is 24.0. The van der Waals surface area contributed by atoms with Crippen LogP contribution in [0.25, 0.3) is 0 Å². The Kier molecular flexibility index (Phi) is 8.57. The summed E-state index contributed by atoms with van der Waals surface area (Å²) in [4.78, 5) is 76.7. The maximum Gasteiger partial charge on any atom is 0.316 e. The van der Waals surface area contributed by atoms with Gasteiger partial charge in [0.1, 0.15) is 5.66 Å². The average molecular weight is 414 g/mol. The predicted octanol–water partition coefficient (Wildman–Crippen LogP) is -1.82. The highest BCUT2D eigenvalue weighted by Gasteiger charge is 2.54. The van der Waals surface area contributed by atoms with Gasteiger partial charge in [0.15, 0.2) is 0 Å². The molecule has 7 N–H and O–H groups in total. The number of carboxylic acid groups (broad SMARTS) is 6. The molecule has 0 heterocycles. The summed E-state index contributed by atoms with van der Waals surface area (Å²) in [5.41, 5.74) is -2.75. The third-order valence-corrected chi connectivity index (χ3v) is 4.80. The van der Waals surface area contributed by atoms with Crippen molar-refractivity contribution in [2.75, 3.05) is 0 Å². The molecule has 152 valence electrons. The lowest BCUT2D eigenvalue weighted by atomic mass is 9.72. The average Bonchev–Trinajstić information content (AvgIpc) is 2.46. The van der Waals surface area contributed by atoms with Gasteiger partial charge in [-0.1, -0.05) is 0 Å². The van der Waals surface area contributed by atoms with Crippen molar-refractivity contribution >= 4 is 43.8 Å². The summed E-state index contributed by atoms with van der Waals surface area (Å²) in [6.45, 7) is 0. The maximum absolute atomic E-state index is 11.5. The highest BCUT2D eigenvalue weighted by atomic mass is 31.1. The number of rotatable bonds is 12. The van der Waals surface area contributed by atoms with Gasteiger partial charge in [-0.2, -0.15) is 0 Å². The summed E-state index contributed by atoms with van der Waals surface area (Å²) in [6.07, 6.45) is -1.42. The normalized spacial score (nSPS) is 17.5. The smallest absolute Gasteiger partial charge is 0.316 e. The van der Waals surface area contributed by atoms with E-state index in [-0.39, 0.29) is 0 Å².